The number of hydrogen-bond acceptors (Lipinski definition) is 4. The fourth-order valence-corrected chi connectivity index (χ4v) is 2.83. The molecule has 0 unspecified atom stereocenters. The summed E-state index contributed by atoms with van der Waals surface area (Å²) in [5.41, 5.74) is 3.28. The smallest absolute Gasteiger partial charge is 0.407 e. The summed E-state index contributed by atoms with van der Waals surface area (Å²) in [5.74, 6) is -0.0264. The molecule has 0 radical (unpaired) electrons. The number of amides is 2. The minimum Gasteiger partial charge on any atom is -0.445 e. The van der Waals surface area contributed by atoms with E-state index in [0.717, 1.165) is 17.7 Å². The number of alkyl carbamates (subject to hydrolysis) is 1. The predicted octanol–water partition coefficient (Wildman–Crippen LogP) is 3.85. The minimum absolute atomic E-state index is 0.0264. The van der Waals surface area contributed by atoms with E-state index in [4.69, 9.17) is 4.74 Å². The van der Waals surface area contributed by atoms with Gasteiger partial charge in [0.1, 0.15) is 6.61 Å². The molecule has 0 aromatic heterocycles. The van der Waals surface area contributed by atoms with Crippen molar-refractivity contribution in [1.29, 1.82) is 0 Å². The molecule has 0 aliphatic heterocycles. The van der Waals surface area contributed by atoms with E-state index in [1.165, 1.54) is 5.56 Å². The topological polar surface area (TPSA) is 70.7 Å². The van der Waals surface area contributed by atoms with E-state index >= 15 is 0 Å². The molecule has 0 bridgehead atoms. The molecule has 0 heterocycles. The Morgan fingerprint density at radius 1 is 0.967 bits per heavy atom. The van der Waals surface area contributed by atoms with Gasteiger partial charge in [-0.05, 0) is 44.0 Å². The molecule has 2 amide bonds. The first-order chi connectivity index (χ1) is 14.5. The summed E-state index contributed by atoms with van der Waals surface area (Å²) >= 11 is 0. The van der Waals surface area contributed by atoms with Gasteiger partial charge in [-0.2, -0.15) is 0 Å². The van der Waals surface area contributed by atoms with Crippen molar-refractivity contribution in [3.63, 3.8) is 0 Å². The number of carbonyl (C=O) groups is 2. The molecule has 0 atom stereocenters. The lowest BCUT2D eigenvalue weighted by molar-refractivity contribution is -0.121. The van der Waals surface area contributed by atoms with Gasteiger partial charge in [0.2, 0.25) is 5.91 Å². The third-order valence-corrected chi connectivity index (χ3v) is 4.96. The monoisotopic (exact) mass is 411 g/mol. The van der Waals surface area contributed by atoms with Gasteiger partial charge < -0.3 is 15.4 Å². The third-order valence-electron chi connectivity index (χ3n) is 4.96. The van der Waals surface area contributed by atoms with E-state index in [-0.39, 0.29) is 12.5 Å². The van der Waals surface area contributed by atoms with Crippen molar-refractivity contribution < 1.29 is 14.3 Å². The fourth-order valence-electron chi connectivity index (χ4n) is 2.83. The second-order valence-corrected chi connectivity index (χ2v) is 7.65. The summed E-state index contributed by atoms with van der Waals surface area (Å²) < 4.78 is 5.15. The molecule has 162 valence electrons. The third kappa shape index (κ3) is 8.66. The average Bonchev–Trinajstić information content (AvgIpc) is 2.75. The molecule has 0 spiro atoms. The van der Waals surface area contributed by atoms with Gasteiger partial charge in [-0.25, -0.2) is 4.79 Å². The molecule has 2 aromatic rings. The maximum atomic E-state index is 12.1. The van der Waals surface area contributed by atoms with Crippen LogP contribution in [0, 0.1) is 0 Å². The SMILES string of the molecule is CC(C)N(C)Cc1ccccc1CNC(=O)CCCNC(=O)OCc1ccccc1. The Balaban J connectivity index is 1.64. The molecule has 0 fully saturated rings. The molecule has 0 saturated carbocycles. The highest BCUT2D eigenvalue weighted by Crippen LogP contribution is 2.12. The van der Waals surface area contributed by atoms with Gasteiger partial charge in [0.15, 0.2) is 0 Å². The average molecular weight is 412 g/mol. The van der Waals surface area contributed by atoms with E-state index in [2.05, 4.69) is 42.5 Å². The van der Waals surface area contributed by atoms with E-state index in [1.54, 1.807) is 0 Å². The lowest BCUT2D eigenvalue weighted by Gasteiger charge is -2.22. The number of nitrogens with one attached hydrogen (secondary N) is 2. The molecule has 0 saturated heterocycles. The molecule has 6 heteroatoms. The number of rotatable bonds is 11. The number of carbonyl (C=O) groups excluding carboxylic acids is 2. The molecular formula is C24H33N3O3. The van der Waals surface area contributed by atoms with Gasteiger partial charge >= 0.3 is 6.09 Å². The molecule has 30 heavy (non-hydrogen) atoms. The van der Waals surface area contributed by atoms with Crippen LogP contribution in [0.15, 0.2) is 54.6 Å². The maximum Gasteiger partial charge on any atom is 0.407 e. The van der Waals surface area contributed by atoms with Crippen molar-refractivity contribution >= 4 is 12.0 Å². The van der Waals surface area contributed by atoms with Crippen LogP contribution in [0.1, 0.15) is 43.4 Å². The normalized spacial score (nSPS) is 10.8. The van der Waals surface area contributed by atoms with Crippen LogP contribution in [-0.2, 0) is 29.2 Å². The van der Waals surface area contributed by atoms with Crippen LogP contribution in [0.5, 0.6) is 0 Å². The summed E-state index contributed by atoms with van der Waals surface area (Å²) in [6.45, 7) is 6.31. The number of ether oxygens (including phenoxy) is 1. The Labute approximate surface area is 179 Å². The van der Waals surface area contributed by atoms with E-state index in [0.29, 0.717) is 32.0 Å². The molecule has 2 rings (SSSR count). The van der Waals surface area contributed by atoms with Gasteiger partial charge in [-0.15, -0.1) is 0 Å². The lowest BCUT2D eigenvalue weighted by Crippen LogP contribution is -2.29. The number of nitrogens with zero attached hydrogens (tertiary/aromatic N) is 1. The van der Waals surface area contributed by atoms with E-state index in [9.17, 15) is 9.59 Å². The van der Waals surface area contributed by atoms with Gasteiger partial charge in [-0.3, -0.25) is 9.69 Å². The van der Waals surface area contributed by atoms with Crippen molar-refractivity contribution in [2.24, 2.45) is 0 Å². The Kier molecular flexibility index (Phi) is 9.87. The van der Waals surface area contributed by atoms with Crippen LogP contribution < -0.4 is 10.6 Å². The highest BCUT2D eigenvalue weighted by molar-refractivity contribution is 5.76. The first-order valence-electron chi connectivity index (χ1n) is 10.4. The summed E-state index contributed by atoms with van der Waals surface area (Å²) in [4.78, 5) is 26.1. The molecule has 0 aliphatic rings. The summed E-state index contributed by atoms with van der Waals surface area (Å²) in [7, 11) is 2.10. The van der Waals surface area contributed by atoms with Crippen LogP contribution in [0.2, 0.25) is 0 Å². The van der Waals surface area contributed by atoms with Crippen LogP contribution in [0.4, 0.5) is 4.79 Å². The summed E-state index contributed by atoms with van der Waals surface area (Å²) in [6, 6.07) is 18.1. The van der Waals surface area contributed by atoms with Gasteiger partial charge in [0.05, 0.1) is 0 Å². The zero-order valence-electron chi connectivity index (χ0n) is 18.2. The first kappa shape index (κ1) is 23.4. The Bertz CT molecular complexity index is 793. The second-order valence-electron chi connectivity index (χ2n) is 7.65. The quantitative estimate of drug-likeness (QED) is 0.551. The molecule has 2 N–H and O–H groups in total. The van der Waals surface area contributed by atoms with Gasteiger partial charge in [-0.1, -0.05) is 54.6 Å². The molecule has 0 aliphatic carbocycles. The van der Waals surface area contributed by atoms with Gasteiger partial charge in [0, 0.05) is 32.1 Å². The predicted molar refractivity (Wildman–Crippen MR) is 119 cm³/mol. The van der Waals surface area contributed by atoms with Crippen LogP contribution >= 0.6 is 0 Å². The van der Waals surface area contributed by atoms with Crippen molar-refractivity contribution in [2.45, 2.75) is 52.4 Å². The maximum absolute atomic E-state index is 12.1. The van der Waals surface area contributed by atoms with E-state index in [1.807, 2.05) is 48.5 Å². The molecule has 6 nitrogen and oxygen atoms in total. The van der Waals surface area contributed by atoms with E-state index < -0.39 is 6.09 Å². The van der Waals surface area contributed by atoms with Crippen molar-refractivity contribution in [3.05, 3.63) is 71.3 Å². The molecular weight excluding hydrogens is 378 g/mol. The van der Waals surface area contributed by atoms with Crippen LogP contribution in [-0.4, -0.2) is 36.5 Å². The van der Waals surface area contributed by atoms with Crippen LogP contribution in [0.3, 0.4) is 0 Å². The largest absolute Gasteiger partial charge is 0.445 e. The van der Waals surface area contributed by atoms with Crippen molar-refractivity contribution in [2.75, 3.05) is 13.6 Å². The highest BCUT2D eigenvalue weighted by Gasteiger charge is 2.09. The zero-order valence-corrected chi connectivity index (χ0v) is 18.2. The summed E-state index contributed by atoms with van der Waals surface area (Å²) in [6.07, 6.45) is 0.444. The second kappa shape index (κ2) is 12.6. The van der Waals surface area contributed by atoms with Crippen molar-refractivity contribution in [3.8, 4) is 0 Å². The van der Waals surface area contributed by atoms with Gasteiger partial charge in [0.25, 0.3) is 0 Å². The number of benzene rings is 2. The Morgan fingerprint density at radius 3 is 2.33 bits per heavy atom. The van der Waals surface area contributed by atoms with Crippen molar-refractivity contribution in [1.82, 2.24) is 15.5 Å². The Hall–Kier alpha value is -2.86. The fraction of sp³-hybridized carbons (Fsp3) is 0.417. The first-order valence-corrected chi connectivity index (χ1v) is 10.4. The standard InChI is InChI=1S/C24H33N3O3/c1-19(2)27(3)17-22-13-8-7-12-21(22)16-26-23(28)14-9-15-25-24(29)30-18-20-10-5-4-6-11-20/h4-8,10-13,19H,9,14-18H2,1-3H3,(H,25,29)(H,26,28). The van der Waals surface area contributed by atoms with Crippen LogP contribution in [0.25, 0.3) is 0 Å². The zero-order chi connectivity index (χ0) is 21.8. The molecule has 2 aromatic carbocycles. The summed E-state index contributed by atoms with van der Waals surface area (Å²) in [5, 5.41) is 5.65. The highest BCUT2D eigenvalue weighted by atomic mass is 16.5. The Morgan fingerprint density at radius 2 is 1.63 bits per heavy atom. The number of hydrogen-bond donors (Lipinski definition) is 2. The lowest BCUT2D eigenvalue weighted by atomic mass is 10.1. The minimum atomic E-state index is -0.470.